The summed E-state index contributed by atoms with van der Waals surface area (Å²) in [6, 6.07) is 14.1. The fraction of sp³-hybridized carbons (Fsp3) is 0.0263. The SMILES string of the molecule is Clc1cc(Cl)c2c(c1)sc[n+]2Cc1ccccc1.Fc1c(F)c(F)c([B-](c2c(F)c(F)c(F)c(F)c2F)(c2c(F)c(F)c(F)c(F)c2F)c2c(F)c(F)c(F)c(F)c2F)c(F)c1F. The Morgan fingerprint density at radius 1 is 0.397 bits per heavy atom. The summed E-state index contributed by atoms with van der Waals surface area (Å²) in [5, 5.41) is 1.39. The average Bonchev–Trinajstić information content (AvgIpc) is 3.66. The highest BCUT2D eigenvalue weighted by atomic mass is 35.5. The van der Waals surface area contributed by atoms with Crippen molar-refractivity contribution in [3.63, 3.8) is 0 Å². The van der Waals surface area contributed by atoms with Crippen molar-refractivity contribution in [1.29, 1.82) is 0 Å². The molecule has 7 aromatic rings. The number of hydrogen-bond donors (Lipinski definition) is 0. The van der Waals surface area contributed by atoms with E-state index in [0.717, 1.165) is 16.8 Å². The molecule has 0 bridgehead atoms. The van der Waals surface area contributed by atoms with Gasteiger partial charge in [0.1, 0.15) is 62.4 Å². The van der Waals surface area contributed by atoms with Gasteiger partial charge in [-0.1, -0.05) is 64.9 Å². The van der Waals surface area contributed by atoms with Crippen LogP contribution in [0.3, 0.4) is 0 Å². The average molecular weight is 974 g/mol. The highest BCUT2D eigenvalue weighted by Gasteiger charge is 2.52. The first-order chi connectivity index (χ1) is 29.4. The molecule has 1 aromatic heterocycles. The smallest absolute Gasteiger partial charge is 0.207 e. The van der Waals surface area contributed by atoms with E-state index in [9.17, 15) is 52.7 Å². The molecule has 0 atom stereocenters. The zero-order valence-corrected chi connectivity index (χ0v) is 31.9. The minimum atomic E-state index is -7.22. The van der Waals surface area contributed by atoms with Gasteiger partial charge in [-0.3, -0.25) is 0 Å². The zero-order valence-electron chi connectivity index (χ0n) is 29.6. The molecule has 0 spiro atoms. The van der Waals surface area contributed by atoms with Crippen molar-refractivity contribution < 1.29 is 92.4 Å². The fourth-order valence-electron chi connectivity index (χ4n) is 6.85. The standard InChI is InChI=1S/C24BF20.C14H10Cl2NS/c26-5-1(6(27)14(35)21(42)13(5)34)25(2-7(28)15(36)22(43)16(37)8(2)29,3-9(30)17(38)23(44)18(39)10(3)31)4-11(32)19(40)24(45)20(41)12(4)33;15-11-6-12(16)14-13(7-11)18-9-17(14)8-10-4-2-1-3-5-10/h;1-7,9H,8H2/q-1;+1. The lowest BCUT2D eigenvalue weighted by molar-refractivity contribution is -0.658. The lowest BCUT2D eigenvalue weighted by atomic mass is 9.12. The second-order valence-electron chi connectivity index (χ2n) is 12.9. The van der Waals surface area contributed by atoms with Gasteiger partial charge in [0.05, 0.1) is 0 Å². The van der Waals surface area contributed by atoms with Gasteiger partial charge < -0.3 is 0 Å². The van der Waals surface area contributed by atoms with Crippen LogP contribution in [0.5, 0.6) is 0 Å². The minimum Gasteiger partial charge on any atom is -0.207 e. The van der Waals surface area contributed by atoms with Crippen LogP contribution in [0, 0.1) is 116 Å². The van der Waals surface area contributed by atoms with Gasteiger partial charge in [-0.15, -0.1) is 21.9 Å². The molecule has 0 radical (unpaired) electrons. The van der Waals surface area contributed by atoms with Crippen molar-refractivity contribution in [2.75, 3.05) is 0 Å². The van der Waals surface area contributed by atoms with E-state index in [1.54, 1.807) is 17.4 Å². The van der Waals surface area contributed by atoms with Crippen molar-refractivity contribution in [1.82, 2.24) is 0 Å². The first kappa shape index (κ1) is 46.9. The summed E-state index contributed by atoms with van der Waals surface area (Å²) in [5.41, 5.74) is -9.94. The largest absolute Gasteiger partial charge is 0.242 e. The molecule has 1 heterocycles. The Kier molecular flexibility index (Phi) is 12.8. The van der Waals surface area contributed by atoms with Gasteiger partial charge in [-0.2, -0.15) is 4.57 Å². The van der Waals surface area contributed by atoms with E-state index in [0.29, 0.717) is 10.0 Å². The first-order valence-corrected chi connectivity index (χ1v) is 18.1. The van der Waals surface area contributed by atoms with Crippen molar-refractivity contribution in [3.05, 3.63) is 180 Å². The Bertz CT molecular complexity index is 2640. The van der Waals surface area contributed by atoms with Gasteiger partial charge in [0.2, 0.25) is 11.0 Å². The van der Waals surface area contributed by atoms with Crippen LogP contribution in [0.25, 0.3) is 10.2 Å². The van der Waals surface area contributed by atoms with Crippen molar-refractivity contribution in [2.45, 2.75) is 6.54 Å². The second kappa shape index (κ2) is 17.2. The van der Waals surface area contributed by atoms with Crippen LogP contribution >= 0.6 is 34.5 Å². The van der Waals surface area contributed by atoms with E-state index in [1.165, 1.54) is 5.56 Å². The van der Waals surface area contributed by atoms with Gasteiger partial charge in [0.25, 0.3) is 0 Å². The third-order valence-corrected chi connectivity index (χ3v) is 10.9. The summed E-state index contributed by atoms with van der Waals surface area (Å²) in [4.78, 5) is 0. The Hall–Kier alpha value is -5.55. The molecule has 0 saturated heterocycles. The number of benzene rings is 6. The predicted octanol–water partition coefficient (Wildman–Crippen LogP) is 10.4. The van der Waals surface area contributed by atoms with Gasteiger partial charge in [-0.05, 0) is 12.1 Å². The van der Waals surface area contributed by atoms with Gasteiger partial charge in [-0.25, -0.2) is 87.8 Å². The van der Waals surface area contributed by atoms with E-state index < -0.39 is 144 Å². The maximum Gasteiger partial charge on any atom is 0.242 e. The van der Waals surface area contributed by atoms with Gasteiger partial charge >= 0.3 is 0 Å². The number of hydrogen-bond acceptors (Lipinski definition) is 1. The monoisotopic (exact) mass is 973 g/mol. The lowest BCUT2D eigenvalue weighted by Crippen LogP contribution is -2.81. The summed E-state index contributed by atoms with van der Waals surface area (Å²) in [7, 11) is 0. The molecule has 0 unspecified atom stereocenters. The highest BCUT2D eigenvalue weighted by molar-refractivity contribution is 7.20. The molecular weight excluding hydrogens is 964 g/mol. The lowest BCUT2D eigenvalue weighted by Gasteiger charge is -2.44. The molecule has 1 nitrogen and oxygen atoms in total. The number of rotatable bonds is 6. The van der Waals surface area contributed by atoms with Crippen LogP contribution in [0.1, 0.15) is 5.56 Å². The van der Waals surface area contributed by atoms with Crippen LogP contribution in [-0.2, 0) is 6.54 Å². The summed E-state index contributed by atoms with van der Waals surface area (Å²) >= 11 is 13.9. The predicted molar refractivity (Wildman–Crippen MR) is 187 cm³/mol. The molecule has 0 saturated carbocycles. The van der Waals surface area contributed by atoms with Crippen LogP contribution < -0.4 is 26.4 Å². The molecule has 0 amide bonds. The molecule has 0 aliphatic rings. The van der Waals surface area contributed by atoms with Crippen molar-refractivity contribution >= 4 is 72.8 Å². The van der Waals surface area contributed by atoms with E-state index in [1.807, 2.05) is 24.3 Å². The Morgan fingerprint density at radius 3 is 0.984 bits per heavy atom. The van der Waals surface area contributed by atoms with Gasteiger partial charge in [0, 0.05) is 10.6 Å². The second-order valence-corrected chi connectivity index (χ2v) is 14.6. The number of halogens is 22. The molecule has 0 aliphatic heterocycles. The zero-order chi connectivity index (χ0) is 46.9. The van der Waals surface area contributed by atoms with E-state index in [4.69, 9.17) is 23.2 Å². The fourth-order valence-corrected chi connectivity index (χ4v) is 8.53. The summed E-state index contributed by atoms with van der Waals surface area (Å²) in [5.74, 6) is -71.4. The van der Waals surface area contributed by atoms with E-state index >= 15 is 35.1 Å². The normalized spacial score (nSPS) is 11.7. The maximum atomic E-state index is 15.4. The van der Waals surface area contributed by atoms with Crippen LogP contribution in [0.4, 0.5) is 87.8 Å². The summed E-state index contributed by atoms with van der Waals surface area (Å²) < 4.78 is 297. The van der Waals surface area contributed by atoms with Crippen molar-refractivity contribution in [3.8, 4) is 0 Å². The maximum absolute atomic E-state index is 15.4. The molecule has 25 heteroatoms. The molecule has 6 aromatic carbocycles. The van der Waals surface area contributed by atoms with E-state index in [-0.39, 0.29) is 0 Å². The number of thiazole rings is 1. The number of fused-ring (bicyclic) bond motifs is 1. The quantitative estimate of drug-likeness (QED) is 0.0514. The van der Waals surface area contributed by atoms with Crippen molar-refractivity contribution in [2.24, 2.45) is 0 Å². The van der Waals surface area contributed by atoms with Crippen LogP contribution in [-0.4, -0.2) is 6.15 Å². The molecule has 0 N–H and O–H groups in total. The topological polar surface area (TPSA) is 3.88 Å². The molecule has 0 aliphatic carbocycles. The molecule has 7 rings (SSSR count). The third-order valence-electron chi connectivity index (χ3n) is 9.49. The Balaban J connectivity index is 0.000000302. The van der Waals surface area contributed by atoms with Crippen LogP contribution in [0.15, 0.2) is 48.0 Å². The third kappa shape index (κ3) is 7.30. The summed E-state index contributed by atoms with van der Waals surface area (Å²) in [6.45, 7) is 0.822. The van der Waals surface area contributed by atoms with E-state index in [2.05, 4.69) is 22.2 Å². The number of aromatic nitrogens is 1. The Labute approximate surface area is 350 Å². The minimum absolute atomic E-state index is 0.682. The molecular formula is C38H10BCl2F20NS. The van der Waals surface area contributed by atoms with Gasteiger partial charge in [0.15, 0.2) is 76.4 Å². The molecule has 63 heavy (non-hydrogen) atoms. The van der Waals surface area contributed by atoms with Crippen LogP contribution in [0.2, 0.25) is 10.0 Å². The highest BCUT2D eigenvalue weighted by Crippen LogP contribution is 2.32. The first-order valence-electron chi connectivity index (χ1n) is 16.5. The molecule has 0 fully saturated rings. The number of nitrogens with zero attached hydrogens (tertiary/aromatic N) is 1. The summed E-state index contributed by atoms with van der Waals surface area (Å²) in [6.07, 6.45) is -7.22. The Morgan fingerprint density at radius 2 is 0.683 bits per heavy atom. The molecule has 330 valence electrons.